The first-order valence-corrected chi connectivity index (χ1v) is 6.64. The molecule has 0 fully saturated rings. The first kappa shape index (κ1) is 14.3. The number of hydrogen-bond donors (Lipinski definition) is 2. The Hall–Kier alpha value is -0.800. The summed E-state index contributed by atoms with van der Waals surface area (Å²) >= 11 is 0. The zero-order valence-corrected chi connectivity index (χ0v) is 11.6. The molecule has 3 nitrogen and oxygen atoms in total. The molecule has 0 spiro atoms. The third kappa shape index (κ3) is 3.86. The lowest BCUT2D eigenvalue weighted by Gasteiger charge is -2.09. The number of nitrogens with zero attached hydrogens (tertiary/aromatic N) is 1. The fourth-order valence-electron chi connectivity index (χ4n) is 2.23. The Labute approximate surface area is 105 Å². The minimum Gasteiger partial charge on any atom is -0.393 e. The molecule has 0 bridgehead atoms. The van der Waals surface area contributed by atoms with Gasteiger partial charge in [0.1, 0.15) is 0 Å². The lowest BCUT2D eigenvalue weighted by molar-refractivity contribution is 0.159. The Kier molecular flexibility index (Phi) is 5.72. The van der Waals surface area contributed by atoms with E-state index in [9.17, 15) is 5.11 Å². The molecule has 0 saturated carbocycles. The van der Waals surface area contributed by atoms with E-state index in [0.29, 0.717) is 0 Å². The van der Waals surface area contributed by atoms with E-state index >= 15 is 0 Å². The van der Waals surface area contributed by atoms with Crippen LogP contribution in [0.15, 0.2) is 6.07 Å². The predicted molar refractivity (Wildman–Crippen MR) is 72.2 cm³/mol. The van der Waals surface area contributed by atoms with Crippen LogP contribution in [-0.2, 0) is 13.1 Å². The van der Waals surface area contributed by atoms with Crippen molar-refractivity contribution in [2.75, 3.05) is 6.54 Å². The summed E-state index contributed by atoms with van der Waals surface area (Å²) in [6.07, 6.45) is 1.51. The van der Waals surface area contributed by atoms with E-state index in [4.69, 9.17) is 0 Å². The fourth-order valence-corrected chi connectivity index (χ4v) is 2.23. The SMILES string of the molecule is CCC(O)CCNCc1cc(C)n(CC)c1C. The second kappa shape index (κ2) is 6.82. The van der Waals surface area contributed by atoms with Crippen molar-refractivity contribution in [1.82, 2.24) is 9.88 Å². The van der Waals surface area contributed by atoms with Gasteiger partial charge in [0.25, 0.3) is 0 Å². The molecule has 1 aromatic rings. The monoisotopic (exact) mass is 238 g/mol. The molecule has 0 aliphatic carbocycles. The van der Waals surface area contributed by atoms with Gasteiger partial charge in [-0.15, -0.1) is 0 Å². The molecule has 1 atom stereocenters. The van der Waals surface area contributed by atoms with Crippen LogP contribution in [0, 0.1) is 13.8 Å². The van der Waals surface area contributed by atoms with Crippen LogP contribution in [0.2, 0.25) is 0 Å². The van der Waals surface area contributed by atoms with Crippen molar-refractivity contribution in [2.24, 2.45) is 0 Å². The van der Waals surface area contributed by atoms with Crippen LogP contribution in [-0.4, -0.2) is 22.3 Å². The van der Waals surface area contributed by atoms with Crippen LogP contribution in [0.1, 0.15) is 43.6 Å². The number of aryl methyl sites for hydroxylation is 1. The average molecular weight is 238 g/mol. The van der Waals surface area contributed by atoms with Crippen LogP contribution in [0.25, 0.3) is 0 Å². The van der Waals surface area contributed by atoms with E-state index in [1.54, 1.807) is 0 Å². The van der Waals surface area contributed by atoms with Gasteiger partial charge in [-0.2, -0.15) is 0 Å². The third-order valence-corrected chi connectivity index (χ3v) is 3.44. The van der Waals surface area contributed by atoms with Gasteiger partial charge in [-0.25, -0.2) is 0 Å². The normalized spacial score (nSPS) is 13.0. The average Bonchev–Trinajstić information content (AvgIpc) is 2.59. The highest BCUT2D eigenvalue weighted by molar-refractivity contribution is 5.26. The minimum absolute atomic E-state index is 0.162. The van der Waals surface area contributed by atoms with Gasteiger partial charge in [-0.05, 0) is 51.8 Å². The maximum Gasteiger partial charge on any atom is 0.0549 e. The molecule has 0 aliphatic rings. The van der Waals surface area contributed by atoms with E-state index in [1.165, 1.54) is 17.0 Å². The Morgan fingerprint density at radius 3 is 2.59 bits per heavy atom. The van der Waals surface area contributed by atoms with Crippen LogP contribution in [0.4, 0.5) is 0 Å². The highest BCUT2D eigenvalue weighted by Gasteiger charge is 2.07. The number of aromatic nitrogens is 1. The fraction of sp³-hybridized carbons (Fsp3) is 0.714. The molecule has 17 heavy (non-hydrogen) atoms. The summed E-state index contributed by atoms with van der Waals surface area (Å²) in [5.41, 5.74) is 4.05. The van der Waals surface area contributed by atoms with Gasteiger partial charge in [0, 0.05) is 24.5 Å². The Bertz CT molecular complexity index is 344. The van der Waals surface area contributed by atoms with Crippen LogP contribution in [0.5, 0.6) is 0 Å². The molecular weight excluding hydrogens is 212 g/mol. The lowest BCUT2D eigenvalue weighted by Crippen LogP contribution is -2.20. The zero-order chi connectivity index (χ0) is 12.8. The maximum atomic E-state index is 9.45. The van der Waals surface area contributed by atoms with Crippen molar-refractivity contribution in [3.05, 3.63) is 23.0 Å². The molecule has 1 aromatic heterocycles. The van der Waals surface area contributed by atoms with Gasteiger partial charge in [-0.1, -0.05) is 6.92 Å². The van der Waals surface area contributed by atoms with E-state index in [0.717, 1.165) is 32.5 Å². The molecule has 98 valence electrons. The van der Waals surface area contributed by atoms with Crippen molar-refractivity contribution >= 4 is 0 Å². The van der Waals surface area contributed by atoms with E-state index in [2.05, 4.69) is 36.7 Å². The first-order chi connectivity index (χ1) is 8.10. The molecule has 0 amide bonds. The molecule has 1 heterocycles. The van der Waals surface area contributed by atoms with Crippen LogP contribution < -0.4 is 5.32 Å². The molecule has 0 aliphatic heterocycles. The van der Waals surface area contributed by atoms with Gasteiger partial charge >= 0.3 is 0 Å². The molecule has 1 rings (SSSR count). The summed E-state index contributed by atoms with van der Waals surface area (Å²) < 4.78 is 2.33. The number of nitrogens with one attached hydrogen (secondary N) is 1. The summed E-state index contributed by atoms with van der Waals surface area (Å²) in [4.78, 5) is 0. The quantitative estimate of drug-likeness (QED) is 0.716. The zero-order valence-electron chi connectivity index (χ0n) is 11.6. The lowest BCUT2D eigenvalue weighted by atomic mass is 10.2. The van der Waals surface area contributed by atoms with Gasteiger partial charge < -0.3 is 15.0 Å². The second-order valence-electron chi connectivity index (χ2n) is 4.67. The Morgan fingerprint density at radius 1 is 1.35 bits per heavy atom. The molecule has 1 unspecified atom stereocenters. The highest BCUT2D eigenvalue weighted by atomic mass is 16.3. The minimum atomic E-state index is -0.162. The Morgan fingerprint density at radius 2 is 2.06 bits per heavy atom. The van der Waals surface area contributed by atoms with Crippen molar-refractivity contribution in [3.8, 4) is 0 Å². The summed E-state index contributed by atoms with van der Waals surface area (Å²) in [5, 5.41) is 12.9. The predicted octanol–water partition coefficient (Wildman–Crippen LogP) is 2.38. The van der Waals surface area contributed by atoms with Crippen molar-refractivity contribution in [2.45, 2.75) is 59.7 Å². The highest BCUT2D eigenvalue weighted by Crippen LogP contribution is 2.14. The topological polar surface area (TPSA) is 37.2 Å². The van der Waals surface area contributed by atoms with Crippen molar-refractivity contribution < 1.29 is 5.11 Å². The second-order valence-corrected chi connectivity index (χ2v) is 4.67. The number of rotatable bonds is 7. The smallest absolute Gasteiger partial charge is 0.0549 e. The standard InChI is InChI=1S/C14H26N2O/c1-5-14(17)7-8-15-10-13-9-11(3)16(6-2)12(13)4/h9,14-15,17H,5-8,10H2,1-4H3. The largest absolute Gasteiger partial charge is 0.393 e. The summed E-state index contributed by atoms with van der Waals surface area (Å²) in [5.74, 6) is 0. The first-order valence-electron chi connectivity index (χ1n) is 6.64. The van der Waals surface area contributed by atoms with Gasteiger partial charge in [0.2, 0.25) is 0 Å². The molecule has 3 heteroatoms. The number of hydrogen-bond acceptors (Lipinski definition) is 2. The Balaban J connectivity index is 2.42. The van der Waals surface area contributed by atoms with Gasteiger partial charge in [0.15, 0.2) is 0 Å². The molecule has 0 saturated heterocycles. The summed E-state index contributed by atoms with van der Waals surface area (Å²) in [6, 6.07) is 2.25. The van der Waals surface area contributed by atoms with Gasteiger partial charge in [0.05, 0.1) is 6.10 Å². The van der Waals surface area contributed by atoms with Crippen LogP contribution >= 0.6 is 0 Å². The van der Waals surface area contributed by atoms with Crippen molar-refractivity contribution in [3.63, 3.8) is 0 Å². The molecular formula is C14H26N2O. The van der Waals surface area contributed by atoms with E-state index in [-0.39, 0.29) is 6.10 Å². The van der Waals surface area contributed by atoms with E-state index < -0.39 is 0 Å². The summed E-state index contributed by atoms with van der Waals surface area (Å²) in [7, 11) is 0. The van der Waals surface area contributed by atoms with Gasteiger partial charge in [-0.3, -0.25) is 0 Å². The molecule has 0 radical (unpaired) electrons. The van der Waals surface area contributed by atoms with E-state index in [1.807, 2.05) is 6.92 Å². The summed E-state index contributed by atoms with van der Waals surface area (Å²) in [6.45, 7) is 11.3. The number of aliphatic hydroxyl groups is 1. The maximum absolute atomic E-state index is 9.45. The third-order valence-electron chi connectivity index (χ3n) is 3.44. The molecule has 2 N–H and O–H groups in total. The van der Waals surface area contributed by atoms with Crippen LogP contribution in [0.3, 0.4) is 0 Å². The number of aliphatic hydroxyl groups excluding tert-OH is 1. The van der Waals surface area contributed by atoms with Crippen molar-refractivity contribution in [1.29, 1.82) is 0 Å². The molecule has 0 aromatic carbocycles.